The normalized spacial score (nSPS) is 22.3. The molecule has 0 spiro atoms. The lowest BCUT2D eigenvalue weighted by atomic mass is 10.2. The van der Waals surface area contributed by atoms with Gasteiger partial charge in [-0.05, 0) is 30.7 Å². The highest BCUT2D eigenvalue weighted by Gasteiger charge is 2.29. The van der Waals surface area contributed by atoms with E-state index in [0.717, 1.165) is 17.7 Å². The highest BCUT2D eigenvalue weighted by Crippen LogP contribution is 2.27. The first-order valence-electron chi connectivity index (χ1n) is 6.62. The molecule has 0 aliphatic carbocycles. The second kappa shape index (κ2) is 5.96. The Morgan fingerprint density at radius 2 is 2.20 bits per heavy atom. The molecule has 2 rings (SSSR count). The van der Waals surface area contributed by atoms with Crippen LogP contribution >= 0.6 is 0 Å². The summed E-state index contributed by atoms with van der Waals surface area (Å²) in [5, 5.41) is 3.05. The molecular formula is C15H20N2O3. The zero-order chi connectivity index (χ0) is 14.6. The summed E-state index contributed by atoms with van der Waals surface area (Å²) in [7, 11) is 0. The summed E-state index contributed by atoms with van der Waals surface area (Å²) in [6, 6.07) is 7.32. The number of benzene rings is 1. The zero-order valence-corrected chi connectivity index (χ0v) is 11.8. The molecular weight excluding hydrogens is 256 g/mol. The van der Waals surface area contributed by atoms with Crippen molar-refractivity contribution < 1.29 is 14.3 Å². The van der Waals surface area contributed by atoms with Crippen LogP contribution in [-0.2, 0) is 16.1 Å². The van der Waals surface area contributed by atoms with E-state index in [2.05, 4.69) is 5.32 Å². The van der Waals surface area contributed by atoms with Gasteiger partial charge in [-0.15, -0.1) is 0 Å². The van der Waals surface area contributed by atoms with E-state index in [1.54, 1.807) is 13.2 Å². The number of carbonyl (C=O) groups is 1. The maximum Gasteiger partial charge on any atom is 0.251 e. The van der Waals surface area contributed by atoms with Crippen LogP contribution in [-0.4, -0.2) is 17.7 Å². The smallest absolute Gasteiger partial charge is 0.251 e. The minimum Gasteiger partial charge on any atom is -0.460 e. The molecule has 0 bridgehead atoms. The summed E-state index contributed by atoms with van der Waals surface area (Å²) in [6.45, 7) is 4.22. The summed E-state index contributed by atoms with van der Waals surface area (Å²) >= 11 is 0. The van der Waals surface area contributed by atoms with Crippen LogP contribution < -0.4 is 15.8 Å². The van der Waals surface area contributed by atoms with Gasteiger partial charge in [-0.3, -0.25) is 4.79 Å². The Hall–Kier alpha value is -2.01. The molecule has 5 heteroatoms. The molecule has 5 nitrogen and oxygen atoms in total. The third-order valence-electron chi connectivity index (χ3n) is 3.20. The van der Waals surface area contributed by atoms with Gasteiger partial charge in [-0.2, -0.15) is 0 Å². The first-order valence-corrected chi connectivity index (χ1v) is 6.62. The molecule has 2 atom stereocenters. The zero-order valence-electron chi connectivity index (χ0n) is 11.8. The lowest BCUT2D eigenvalue weighted by molar-refractivity contribution is -0.119. The van der Waals surface area contributed by atoms with E-state index < -0.39 is 5.79 Å². The van der Waals surface area contributed by atoms with Crippen molar-refractivity contribution in [3.63, 3.8) is 0 Å². The number of primary amides is 1. The maximum atomic E-state index is 10.9. The lowest BCUT2D eigenvalue weighted by Crippen LogP contribution is -2.38. The molecule has 0 saturated carbocycles. The van der Waals surface area contributed by atoms with Gasteiger partial charge in [0.2, 0.25) is 5.91 Å². The summed E-state index contributed by atoms with van der Waals surface area (Å²) < 4.78 is 11.2. The second-order valence-electron chi connectivity index (χ2n) is 5.08. The fourth-order valence-corrected chi connectivity index (χ4v) is 1.86. The number of hydrogen-bond donors (Lipinski definition) is 2. The van der Waals surface area contributed by atoms with E-state index in [9.17, 15) is 4.79 Å². The minimum absolute atomic E-state index is 0.345. The predicted molar refractivity (Wildman–Crippen MR) is 75.8 cm³/mol. The Morgan fingerprint density at radius 3 is 2.75 bits per heavy atom. The van der Waals surface area contributed by atoms with Crippen molar-refractivity contribution >= 4 is 5.91 Å². The third-order valence-corrected chi connectivity index (χ3v) is 3.20. The van der Waals surface area contributed by atoms with E-state index in [0.29, 0.717) is 6.54 Å². The fourth-order valence-electron chi connectivity index (χ4n) is 1.86. The van der Waals surface area contributed by atoms with E-state index in [-0.39, 0.29) is 11.9 Å². The predicted octanol–water partition coefficient (Wildman–Crippen LogP) is 1.68. The van der Waals surface area contributed by atoms with Crippen molar-refractivity contribution in [2.24, 2.45) is 5.73 Å². The molecule has 1 heterocycles. The minimum atomic E-state index is -0.611. The molecule has 1 aliphatic rings. The second-order valence-corrected chi connectivity index (χ2v) is 5.08. The van der Waals surface area contributed by atoms with Crippen LogP contribution in [0.2, 0.25) is 0 Å². The fraction of sp³-hybridized carbons (Fsp3) is 0.400. The van der Waals surface area contributed by atoms with Gasteiger partial charge in [-0.1, -0.05) is 12.1 Å². The summed E-state index contributed by atoms with van der Waals surface area (Å²) in [4.78, 5) is 10.9. The van der Waals surface area contributed by atoms with Gasteiger partial charge in [0.15, 0.2) is 0 Å². The Balaban J connectivity index is 1.88. The number of rotatable bonds is 6. The van der Waals surface area contributed by atoms with Crippen LogP contribution in [0.3, 0.4) is 0 Å². The number of hydrogen-bond acceptors (Lipinski definition) is 4. The molecule has 20 heavy (non-hydrogen) atoms. The number of nitrogens with one attached hydrogen (secondary N) is 1. The highest BCUT2D eigenvalue weighted by atomic mass is 16.7. The van der Waals surface area contributed by atoms with Crippen LogP contribution in [0.5, 0.6) is 5.75 Å². The monoisotopic (exact) mass is 276 g/mol. The van der Waals surface area contributed by atoms with E-state index >= 15 is 0 Å². The largest absolute Gasteiger partial charge is 0.460 e. The van der Waals surface area contributed by atoms with Crippen molar-refractivity contribution in [2.75, 3.05) is 0 Å². The van der Waals surface area contributed by atoms with Crippen LogP contribution in [0, 0.1) is 0 Å². The summed E-state index contributed by atoms with van der Waals surface area (Å²) in [5.74, 6) is -0.216. The van der Waals surface area contributed by atoms with Crippen LogP contribution in [0.4, 0.5) is 0 Å². The van der Waals surface area contributed by atoms with Crippen LogP contribution in [0.25, 0.3) is 0 Å². The maximum absolute atomic E-state index is 10.9. The number of amides is 1. The number of nitrogens with two attached hydrogens (primary N) is 1. The summed E-state index contributed by atoms with van der Waals surface area (Å²) in [6.07, 6.45) is 4.32. The molecule has 1 unspecified atom stereocenters. The van der Waals surface area contributed by atoms with E-state index in [4.69, 9.17) is 15.2 Å². The Labute approximate surface area is 118 Å². The molecule has 1 aliphatic heterocycles. The van der Waals surface area contributed by atoms with Gasteiger partial charge in [0.1, 0.15) is 5.75 Å². The molecule has 108 valence electrons. The molecule has 0 radical (unpaired) electrons. The molecule has 1 amide bonds. The van der Waals surface area contributed by atoms with E-state index in [1.807, 2.05) is 37.3 Å². The van der Waals surface area contributed by atoms with Crippen molar-refractivity contribution in [2.45, 2.75) is 38.6 Å². The average molecular weight is 276 g/mol. The van der Waals surface area contributed by atoms with Crippen molar-refractivity contribution in [1.82, 2.24) is 5.32 Å². The van der Waals surface area contributed by atoms with Gasteiger partial charge in [0.05, 0.1) is 12.3 Å². The average Bonchev–Trinajstić information content (AvgIpc) is 2.84. The standard InChI is InChI=1S/C15H20N2O3/c1-11(14(16)18)17-10-12-4-6-13(7-5-12)20-15(2)8-3-9-19-15/h3-7,9,11,17H,8,10H2,1-2H3,(H2,16,18)/t11-,15?/m0/s1. The van der Waals surface area contributed by atoms with Crippen molar-refractivity contribution in [1.29, 1.82) is 0 Å². The Kier molecular flexibility index (Phi) is 4.29. The van der Waals surface area contributed by atoms with Gasteiger partial charge >= 0.3 is 0 Å². The van der Waals surface area contributed by atoms with Gasteiger partial charge in [0.25, 0.3) is 5.79 Å². The first kappa shape index (κ1) is 14.4. The van der Waals surface area contributed by atoms with Crippen molar-refractivity contribution in [3.05, 3.63) is 42.2 Å². The highest BCUT2D eigenvalue weighted by molar-refractivity contribution is 5.79. The molecule has 0 aromatic heterocycles. The number of ether oxygens (including phenoxy) is 2. The van der Waals surface area contributed by atoms with Gasteiger partial charge in [-0.25, -0.2) is 0 Å². The lowest BCUT2D eigenvalue weighted by Gasteiger charge is -2.25. The topological polar surface area (TPSA) is 73.6 Å². The van der Waals surface area contributed by atoms with Gasteiger partial charge < -0.3 is 20.5 Å². The quantitative estimate of drug-likeness (QED) is 0.829. The molecule has 0 fully saturated rings. The molecule has 0 saturated heterocycles. The van der Waals surface area contributed by atoms with Crippen LogP contribution in [0.15, 0.2) is 36.6 Å². The van der Waals surface area contributed by atoms with E-state index in [1.165, 1.54) is 0 Å². The Bertz CT molecular complexity index is 488. The molecule has 3 N–H and O–H groups in total. The SMILES string of the molecule is C[C@H](NCc1ccc(OC2(C)CC=CO2)cc1)C(N)=O. The number of carbonyl (C=O) groups excluding carboxylic acids is 1. The third kappa shape index (κ3) is 3.74. The van der Waals surface area contributed by atoms with Crippen molar-refractivity contribution in [3.8, 4) is 5.75 Å². The van der Waals surface area contributed by atoms with Gasteiger partial charge in [0, 0.05) is 19.9 Å². The molecule has 1 aromatic rings. The molecule has 1 aromatic carbocycles. The van der Waals surface area contributed by atoms with Crippen LogP contribution in [0.1, 0.15) is 25.8 Å². The Morgan fingerprint density at radius 1 is 1.50 bits per heavy atom. The first-order chi connectivity index (χ1) is 9.48. The summed E-state index contributed by atoms with van der Waals surface area (Å²) in [5.41, 5.74) is 6.25.